The van der Waals surface area contributed by atoms with E-state index in [2.05, 4.69) is 0 Å². The van der Waals surface area contributed by atoms with E-state index >= 15 is 0 Å². The molecule has 0 heterocycles. The molecule has 0 aromatic carbocycles. The van der Waals surface area contributed by atoms with Crippen molar-refractivity contribution in [3.8, 4) is 0 Å². The number of carboxylic acids is 1. The first-order chi connectivity index (χ1) is 3.27. The lowest BCUT2D eigenvalue weighted by Gasteiger charge is -1.85. The summed E-state index contributed by atoms with van der Waals surface area (Å²) in [7, 11) is 0. The third kappa shape index (κ3) is 23.1. The lowest BCUT2D eigenvalue weighted by Crippen LogP contribution is -1.91. The zero-order valence-electron chi connectivity index (χ0n) is 5.70. The minimum Gasteiger partial charge on any atom is -0.481 e. The highest BCUT2D eigenvalue weighted by atomic mass is 127. The maximum atomic E-state index is 9.76. The molecule has 0 bridgehead atoms. The minimum atomic E-state index is -0.693. The smallest absolute Gasteiger partial charge is 0.303 e. The highest BCUT2D eigenvalue weighted by Crippen LogP contribution is 1.91. The van der Waals surface area contributed by atoms with Gasteiger partial charge in [0.2, 0.25) is 0 Å². The van der Waals surface area contributed by atoms with E-state index in [9.17, 15) is 4.79 Å². The summed E-state index contributed by atoms with van der Waals surface area (Å²) in [6.07, 6.45) is 2.08. The summed E-state index contributed by atoms with van der Waals surface area (Å²) in [4.78, 5) is 9.76. The Morgan fingerprint density at radius 2 is 1.90 bits per heavy atom. The number of unbranched alkanes of at least 4 members (excludes halogenated alkanes) is 1. The number of hydrogen-bond donors (Lipinski definition) is 1. The molecule has 0 radical (unpaired) electrons. The molecule has 0 saturated heterocycles. The van der Waals surface area contributed by atoms with Gasteiger partial charge in [-0.25, -0.2) is 0 Å². The second-order valence-electron chi connectivity index (χ2n) is 1.50. The molecule has 0 amide bonds. The first kappa shape index (κ1) is 22.4. The highest BCUT2D eigenvalue weighted by molar-refractivity contribution is 14.0. The summed E-state index contributed by atoms with van der Waals surface area (Å²) in [5.41, 5.74) is 0. The predicted molar refractivity (Wildman–Crippen MR) is 60.1 cm³/mol. The molecule has 2 nitrogen and oxygen atoms in total. The van der Waals surface area contributed by atoms with Crippen LogP contribution < -0.4 is 0 Å². The van der Waals surface area contributed by atoms with E-state index in [1.165, 1.54) is 0 Å². The van der Waals surface area contributed by atoms with Gasteiger partial charge < -0.3 is 5.11 Å². The van der Waals surface area contributed by atoms with Crippen LogP contribution in [0.4, 0.5) is 0 Å². The average Bonchev–Trinajstić information content (AvgIpc) is 1.61. The van der Waals surface area contributed by atoms with Crippen molar-refractivity contribution < 1.29 is 9.90 Å². The van der Waals surface area contributed by atoms with E-state index in [4.69, 9.17) is 5.11 Å². The summed E-state index contributed by atoms with van der Waals surface area (Å²) < 4.78 is 0. The van der Waals surface area contributed by atoms with Gasteiger partial charge >= 0.3 is 5.97 Å². The van der Waals surface area contributed by atoms with Crippen LogP contribution in [0.5, 0.6) is 0 Å². The molecule has 0 saturated carbocycles. The van der Waals surface area contributed by atoms with Crippen LogP contribution in [-0.4, -0.2) is 11.1 Å². The quantitative estimate of drug-likeness (QED) is 0.797. The maximum Gasteiger partial charge on any atom is 0.303 e. The largest absolute Gasteiger partial charge is 0.481 e. The Morgan fingerprint density at radius 3 is 2.00 bits per heavy atom. The van der Waals surface area contributed by atoms with Crippen LogP contribution in [0.25, 0.3) is 0 Å². The second kappa shape index (κ2) is 16.5. The zero-order chi connectivity index (χ0) is 5.70. The zero-order valence-corrected chi connectivity index (χ0v) is 10.6. The molecule has 0 rings (SSSR count). The van der Waals surface area contributed by atoms with Crippen LogP contribution in [-0.2, 0) is 4.79 Å². The topological polar surface area (TPSA) is 37.3 Å². The van der Waals surface area contributed by atoms with Crippen molar-refractivity contribution in [1.82, 2.24) is 0 Å². The number of halogens is 3. The number of carbonyl (C=O) groups is 1. The van der Waals surface area contributed by atoms with Crippen molar-refractivity contribution in [2.75, 3.05) is 0 Å². The van der Waals surface area contributed by atoms with Crippen molar-refractivity contribution in [2.24, 2.45) is 0 Å². The van der Waals surface area contributed by atoms with Crippen molar-refractivity contribution in [3.05, 3.63) is 0 Å². The summed E-state index contributed by atoms with van der Waals surface area (Å²) in [5.74, 6) is -0.693. The first-order valence-electron chi connectivity index (χ1n) is 2.49. The first-order valence-corrected chi connectivity index (χ1v) is 2.49. The predicted octanol–water partition coefficient (Wildman–Crippen LogP) is 2.88. The van der Waals surface area contributed by atoms with Crippen LogP contribution in [0.15, 0.2) is 0 Å². The van der Waals surface area contributed by atoms with Gasteiger partial charge in [-0.15, -0.1) is 53.4 Å². The Balaban J connectivity index is -0.0000000600. The van der Waals surface area contributed by atoms with Crippen molar-refractivity contribution in [3.63, 3.8) is 0 Å². The molecular weight excluding hydrogens is 334 g/mol. The normalized spacial score (nSPS) is 6.10. The fraction of sp³-hybridized carbons (Fsp3) is 0.800. The summed E-state index contributed by atoms with van der Waals surface area (Å²) in [6.45, 7) is 1.98. The SMILES string of the molecule is Br.CCCCC(=O)O.Cl.I. The molecule has 0 aliphatic heterocycles. The van der Waals surface area contributed by atoms with E-state index in [0.717, 1.165) is 12.8 Å². The monoisotopic (exact) mass is 346 g/mol. The Bertz CT molecular complexity index is 72.7. The molecule has 0 fully saturated rings. The second-order valence-corrected chi connectivity index (χ2v) is 1.50. The average molecular weight is 347 g/mol. The molecule has 0 spiro atoms. The molecule has 10 heavy (non-hydrogen) atoms. The lowest BCUT2D eigenvalue weighted by molar-refractivity contribution is -0.137. The van der Waals surface area contributed by atoms with Crippen LogP contribution >= 0.6 is 53.4 Å². The van der Waals surface area contributed by atoms with E-state index in [-0.39, 0.29) is 53.4 Å². The highest BCUT2D eigenvalue weighted by Gasteiger charge is 1.90. The van der Waals surface area contributed by atoms with E-state index in [1.807, 2.05) is 6.92 Å². The van der Waals surface area contributed by atoms with Gasteiger partial charge in [0, 0.05) is 6.42 Å². The maximum absolute atomic E-state index is 9.76. The Kier molecular flexibility index (Phi) is 37.1. The molecule has 5 heteroatoms. The van der Waals surface area contributed by atoms with Crippen LogP contribution in [0.2, 0.25) is 0 Å². The van der Waals surface area contributed by atoms with E-state index in [1.54, 1.807) is 0 Å². The van der Waals surface area contributed by atoms with Gasteiger partial charge in [-0.05, 0) is 6.42 Å². The number of hydrogen-bond acceptors (Lipinski definition) is 1. The molecule has 0 aliphatic rings. The van der Waals surface area contributed by atoms with E-state index in [0.29, 0.717) is 6.42 Å². The van der Waals surface area contributed by atoms with Crippen molar-refractivity contribution in [2.45, 2.75) is 26.2 Å². The fourth-order valence-electron chi connectivity index (χ4n) is 0.328. The lowest BCUT2D eigenvalue weighted by atomic mass is 10.3. The molecule has 66 valence electrons. The Hall–Kier alpha value is 0.970. The summed E-state index contributed by atoms with van der Waals surface area (Å²) in [6, 6.07) is 0. The summed E-state index contributed by atoms with van der Waals surface area (Å²) in [5, 5.41) is 8.04. The van der Waals surface area contributed by atoms with Gasteiger partial charge in [-0.2, -0.15) is 0 Å². The molecule has 0 atom stereocenters. The standard InChI is InChI=1S/C5H10O2.BrH.ClH.HI/c1-2-3-4-5(6)7;;;/h2-4H2,1H3,(H,6,7);3*1H. The third-order valence-electron chi connectivity index (χ3n) is 0.744. The van der Waals surface area contributed by atoms with Crippen LogP contribution in [0.1, 0.15) is 26.2 Å². The molecule has 0 aliphatic carbocycles. The molecule has 1 N–H and O–H groups in total. The van der Waals surface area contributed by atoms with Gasteiger partial charge in [-0.1, -0.05) is 13.3 Å². The number of rotatable bonds is 3. The fourth-order valence-corrected chi connectivity index (χ4v) is 0.328. The van der Waals surface area contributed by atoms with Gasteiger partial charge in [0.05, 0.1) is 0 Å². The molecule has 0 aromatic heterocycles. The van der Waals surface area contributed by atoms with Gasteiger partial charge in [0.25, 0.3) is 0 Å². The van der Waals surface area contributed by atoms with Crippen LogP contribution in [0.3, 0.4) is 0 Å². The van der Waals surface area contributed by atoms with Crippen LogP contribution in [0, 0.1) is 0 Å². The molecule has 0 unspecified atom stereocenters. The third-order valence-corrected chi connectivity index (χ3v) is 0.744. The molecular formula is C5H13BrClIO2. The van der Waals surface area contributed by atoms with Crippen molar-refractivity contribution >= 4 is 59.3 Å². The van der Waals surface area contributed by atoms with Gasteiger partial charge in [0.1, 0.15) is 0 Å². The number of aliphatic carboxylic acids is 1. The minimum absolute atomic E-state index is 0. The Labute approximate surface area is 95.0 Å². The van der Waals surface area contributed by atoms with Crippen molar-refractivity contribution in [1.29, 1.82) is 0 Å². The molecule has 0 aromatic rings. The summed E-state index contributed by atoms with van der Waals surface area (Å²) >= 11 is 0. The van der Waals surface area contributed by atoms with Gasteiger partial charge in [0.15, 0.2) is 0 Å². The Morgan fingerprint density at radius 1 is 1.50 bits per heavy atom. The van der Waals surface area contributed by atoms with Gasteiger partial charge in [-0.3, -0.25) is 4.79 Å². The van der Waals surface area contributed by atoms with E-state index < -0.39 is 5.97 Å². The number of carboxylic acid groups (broad SMARTS) is 1.